The van der Waals surface area contributed by atoms with Crippen molar-refractivity contribution < 1.29 is 57.1 Å². The van der Waals surface area contributed by atoms with E-state index in [1.54, 1.807) is 0 Å². The van der Waals surface area contributed by atoms with E-state index in [1.807, 2.05) is 48.5 Å². The van der Waals surface area contributed by atoms with Gasteiger partial charge in [-0.05, 0) is 74.2 Å². The molecule has 1 fully saturated rings. The molecule has 2 aromatic heterocycles. The van der Waals surface area contributed by atoms with Crippen molar-refractivity contribution >= 4 is 23.9 Å². The molecule has 5 rings (SSSR count). The monoisotopic (exact) mass is 880 g/mol. The topological polar surface area (TPSA) is 194 Å². The molecule has 0 N–H and O–H groups in total. The molecule has 16 nitrogen and oxygen atoms in total. The van der Waals surface area contributed by atoms with E-state index in [9.17, 15) is 19.2 Å². The van der Waals surface area contributed by atoms with Crippen LogP contribution in [0.2, 0.25) is 0 Å². The van der Waals surface area contributed by atoms with Crippen LogP contribution in [-0.4, -0.2) is 96.0 Å². The van der Waals surface area contributed by atoms with Gasteiger partial charge in [0.1, 0.15) is 11.5 Å². The summed E-state index contributed by atoms with van der Waals surface area (Å²) >= 11 is 0. The zero-order valence-electron chi connectivity index (χ0n) is 36.1. The number of benzene rings is 2. The Hall–Kier alpha value is -6.52. The number of nitrogens with zero attached hydrogens (tertiary/aromatic N) is 4. The van der Waals surface area contributed by atoms with E-state index in [1.165, 1.54) is 36.9 Å². The highest BCUT2D eigenvalue weighted by Gasteiger charge is 2.35. The van der Waals surface area contributed by atoms with Crippen molar-refractivity contribution in [1.29, 1.82) is 0 Å². The number of esters is 4. The Morgan fingerprint density at radius 1 is 0.500 bits per heavy atom. The maximum absolute atomic E-state index is 13.1. The summed E-state index contributed by atoms with van der Waals surface area (Å²) in [6.07, 6.45) is 17.0. The van der Waals surface area contributed by atoms with Crippen molar-refractivity contribution in [2.75, 3.05) is 39.6 Å². The molecule has 0 saturated carbocycles. The minimum Gasteiger partial charge on any atom is -0.494 e. The van der Waals surface area contributed by atoms with Crippen LogP contribution in [0.25, 0.3) is 22.8 Å². The maximum Gasteiger partial charge on any atom is 0.343 e. The standard InChI is InChI=1S/C48H56N4O12/c1-3-41(53)59-27-15-11-7-5-9-13-25-57-39-21-17-35(18-22-39)43-49-31-37(32-50-43)45(55)63-47-48(62-30-29-61-47)64-46(56)38-33-51-44(52-34-38)36-19-23-40(24-20-36)58-26-14-10-6-8-12-16-28-60-42(54)4-2/h3-4,17-24,31-34,47-48H,1-2,5-16,25-30H2/t47-,48-/m0/s1. The molecule has 0 bridgehead atoms. The molecule has 2 aromatic carbocycles. The van der Waals surface area contributed by atoms with E-state index in [0.717, 1.165) is 99.7 Å². The summed E-state index contributed by atoms with van der Waals surface area (Å²) in [6.45, 7) is 9.03. The minimum atomic E-state index is -1.34. The van der Waals surface area contributed by atoms with E-state index in [2.05, 4.69) is 33.1 Å². The van der Waals surface area contributed by atoms with Crippen molar-refractivity contribution in [3.63, 3.8) is 0 Å². The number of ether oxygens (including phenoxy) is 8. The molecule has 0 radical (unpaired) electrons. The van der Waals surface area contributed by atoms with E-state index >= 15 is 0 Å². The van der Waals surface area contributed by atoms with Gasteiger partial charge in [-0.1, -0.05) is 64.5 Å². The first kappa shape index (κ1) is 48.5. The van der Waals surface area contributed by atoms with Gasteiger partial charge < -0.3 is 37.9 Å². The first-order valence-corrected chi connectivity index (χ1v) is 21.7. The van der Waals surface area contributed by atoms with Crippen molar-refractivity contribution in [3.05, 3.63) is 110 Å². The van der Waals surface area contributed by atoms with Crippen LogP contribution in [0.1, 0.15) is 97.8 Å². The predicted molar refractivity (Wildman–Crippen MR) is 234 cm³/mol. The lowest BCUT2D eigenvalue weighted by Crippen LogP contribution is -2.44. The van der Waals surface area contributed by atoms with Crippen molar-refractivity contribution in [3.8, 4) is 34.3 Å². The lowest BCUT2D eigenvalue weighted by atomic mass is 10.1. The fraction of sp³-hybridized carbons (Fsp3) is 0.417. The van der Waals surface area contributed by atoms with Crippen molar-refractivity contribution in [2.45, 2.75) is 89.6 Å². The molecule has 340 valence electrons. The van der Waals surface area contributed by atoms with Gasteiger partial charge in [-0.25, -0.2) is 39.1 Å². The molecular formula is C48H56N4O12. The molecule has 0 amide bonds. The Morgan fingerprint density at radius 2 is 0.828 bits per heavy atom. The molecule has 4 aromatic rings. The van der Waals surface area contributed by atoms with Gasteiger partial charge in [0.25, 0.3) is 12.6 Å². The van der Waals surface area contributed by atoms with Crippen LogP contribution < -0.4 is 9.47 Å². The highest BCUT2D eigenvalue weighted by molar-refractivity contribution is 5.90. The second-order valence-corrected chi connectivity index (χ2v) is 14.6. The first-order chi connectivity index (χ1) is 31.3. The zero-order valence-corrected chi connectivity index (χ0v) is 36.1. The minimum absolute atomic E-state index is 0.0630. The van der Waals surface area contributed by atoms with Gasteiger partial charge in [0.05, 0.1) is 50.8 Å². The van der Waals surface area contributed by atoms with E-state index in [4.69, 9.17) is 37.9 Å². The van der Waals surface area contributed by atoms with E-state index in [0.29, 0.717) is 38.1 Å². The SMILES string of the molecule is C=CC(=O)OCCCCCCCCOc1ccc(-c2ncc(C(=O)O[C@@H]3OCCO[C@H]3OC(=O)c3cnc(-c4ccc(OCCCCCCCCOC(=O)C=C)cc4)nc3)cn2)cc1. The number of carbonyl (C=O) groups excluding carboxylic acids is 4. The molecule has 1 aliphatic heterocycles. The molecule has 0 aliphatic carbocycles. The maximum atomic E-state index is 13.1. The fourth-order valence-corrected chi connectivity index (χ4v) is 6.24. The quantitative estimate of drug-likeness (QED) is 0.0229. The summed E-state index contributed by atoms with van der Waals surface area (Å²) in [5.41, 5.74) is 1.59. The van der Waals surface area contributed by atoms with Crippen molar-refractivity contribution in [2.24, 2.45) is 0 Å². The van der Waals surface area contributed by atoms with Crippen LogP contribution in [0.15, 0.2) is 98.6 Å². The molecule has 64 heavy (non-hydrogen) atoms. The van der Waals surface area contributed by atoms with Crippen LogP contribution in [-0.2, 0) is 38.0 Å². The average molecular weight is 881 g/mol. The van der Waals surface area contributed by atoms with Gasteiger partial charge in [0.15, 0.2) is 11.6 Å². The summed E-state index contributed by atoms with van der Waals surface area (Å²) in [7, 11) is 0. The molecule has 1 aliphatic rings. The van der Waals surface area contributed by atoms with Gasteiger partial charge in [0, 0.05) is 48.1 Å². The normalized spacial score (nSPS) is 14.4. The van der Waals surface area contributed by atoms with Crippen molar-refractivity contribution in [1.82, 2.24) is 19.9 Å². The number of carbonyl (C=O) groups is 4. The number of hydrogen-bond donors (Lipinski definition) is 0. The summed E-state index contributed by atoms with van der Waals surface area (Å²) in [5, 5.41) is 0. The van der Waals surface area contributed by atoms with Crippen LogP contribution in [0, 0.1) is 0 Å². The third-order valence-electron chi connectivity index (χ3n) is 9.75. The van der Waals surface area contributed by atoms with Gasteiger partial charge in [-0.15, -0.1) is 0 Å². The Balaban J connectivity index is 0.987. The zero-order chi connectivity index (χ0) is 45.2. The molecule has 0 spiro atoms. The second kappa shape index (κ2) is 27.5. The first-order valence-electron chi connectivity index (χ1n) is 21.7. The lowest BCUT2D eigenvalue weighted by molar-refractivity contribution is -0.288. The lowest BCUT2D eigenvalue weighted by Gasteiger charge is -2.30. The Bertz CT molecular complexity index is 1910. The number of rotatable bonds is 28. The molecular weight excluding hydrogens is 825 g/mol. The van der Waals surface area contributed by atoms with Crippen LogP contribution in [0.5, 0.6) is 11.5 Å². The third-order valence-corrected chi connectivity index (χ3v) is 9.75. The predicted octanol–water partition coefficient (Wildman–Crippen LogP) is 8.21. The highest BCUT2D eigenvalue weighted by Crippen LogP contribution is 2.23. The number of unbranched alkanes of at least 4 members (excludes halogenated alkanes) is 10. The van der Waals surface area contributed by atoms with Gasteiger partial charge in [-0.3, -0.25) is 0 Å². The van der Waals surface area contributed by atoms with Crippen LogP contribution in [0.4, 0.5) is 0 Å². The van der Waals surface area contributed by atoms with Crippen LogP contribution >= 0.6 is 0 Å². The number of hydrogen-bond acceptors (Lipinski definition) is 16. The Kier molecular flexibility index (Phi) is 20.9. The average Bonchev–Trinajstić information content (AvgIpc) is 3.33. The van der Waals surface area contributed by atoms with Gasteiger partial charge in [-0.2, -0.15) is 0 Å². The van der Waals surface area contributed by atoms with Crippen LogP contribution in [0.3, 0.4) is 0 Å². The largest absolute Gasteiger partial charge is 0.494 e. The molecule has 3 heterocycles. The molecule has 16 heteroatoms. The van der Waals surface area contributed by atoms with Gasteiger partial charge in [0.2, 0.25) is 0 Å². The smallest absolute Gasteiger partial charge is 0.343 e. The second-order valence-electron chi connectivity index (χ2n) is 14.6. The number of aromatic nitrogens is 4. The Labute approximate surface area is 373 Å². The summed E-state index contributed by atoms with van der Waals surface area (Å²) in [4.78, 5) is 65.5. The highest BCUT2D eigenvalue weighted by atomic mass is 16.8. The Morgan fingerprint density at radius 3 is 1.17 bits per heavy atom. The molecule has 2 atom stereocenters. The third kappa shape index (κ3) is 17.0. The fourth-order valence-electron chi connectivity index (χ4n) is 6.24. The van der Waals surface area contributed by atoms with E-state index < -0.39 is 24.5 Å². The summed E-state index contributed by atoms with van der Waals surface area (Å²) < 4.78 is 43.9. The van der Waals surface area contributed by atoms with E-state index in [-0.39, 0.29) is 36.3 Å². The van der Waals surface area contributed by atoms with Gasteiger partial charge >= 0.3 is 23.9 Å². The molecule has 1 saturated heterocycles. The molecule has 0 unspecified atom stereocenters. The summed E-state index contributed by atoms with van der Waals surface area (Å²) in [6, 6.07) is 14.7. The summed E-state index contributed by atoms with van der Waals surface area (Å²) in [5.74, 6) is -0.0931.